The van der Waals surface area contributed by atoms with Gasteiger partial charge >= 0.3 is 0 Å². The maximum absolute atomic E-state index is 12.6. The Kier molecular flexibility index (Phi) is 11.1. The largest absolute Gasteiger partial charge is 0.497 e. The third-order valence-electron chi connectivity index (χ3n) is 6.50. The van der Waals surface area contributed by atoms with Gasteiger partial charge in [-0.1, -0.05) is 58.3 Å². The first-order valence-electron chi connectivity index (χ1n) is 12.8. The fourth-order valence-electron chi connectivity index (χ4n) is 4.32. The van der Waals surface area contributed by atoms with Crippen molar-refractivity contribution in [3.05, 3.63) is 29.1 Å². The summed E-state index contributed by atoms with van der Waals surface area (Å²) in [6, 6.07) is 7.55. The molecule has 1 aromatic carbocycles. The molecule has 0 saturated carbocycles. The Morgan fingerprint density at radius 3 is 2.21 bits per heavy atom. The average molecular weight is 489 g/mol. The van der Waals surface area contributed by atoms with Crippen molar-refractivity contribution in [1.29, 1.82) is 0 Å². The predicted octanol–water partition coefficient (Wildman–Crippen LogP) is 5.90. The van der Waals surface area contributed by atoms with Crippen LogP contribution in [0.15, 0.2) is 28.7 Å². The number of methoxy groups -OCH3 is 1. The van der Waals surface area contributed by atoms with Crippen molar-refractivity contribution in [2.24, 2.45) is 0 Å². The number of nitrogens with zero attached hydrogens (tertiary/aromatic N) is 4. The fourth-order valence-corrected chi connectivity index (χ4v) is 4.50. The molecular formula is C26H40N4O3S. The highest BCUT2D eigenvalue weighted by molar-refractivity contribution is 7.71. The Morgan fingerprint density at radius 2 is 1.59 bits per heavy atom. The monoisotopic (exact) mass is 488 g/mol. The molecule has 0 N–H and O–H groups in total. The minimum absolute atomic E-state index is 0.294. The topological polar surface area (TPSA) is 63.7 Å². The lowest BCUT2D eigenvalue weighted by Gasteiger charge is -2.34. The molecule has 1 amide bonds. The SMILES string of the molecule is CCCCCCCCCCCC(=O)N1CCN(Cn2nc(-c3ccc(OC)cc3)oc2=S)CC1. The summed E-state index contributed by atoms with van der Waals surface area (Å²) in [4.78, 5) is 17.2. The number of amides is 1. The first-order valence-corrected chi connectivity index (χ1v) is 13.2. The molecule has 1 aliphatic heterocycles. The van der Waals surface area contributed by atoms with Gasteiger partial charge in [-0.3, -0.25) is 9.69 Å². The zero-order valence-corrected chi connectivity index (χ0v) is 21.7. The van der Waals surface area contributed by atoms with Gasteiger partial charge in [0.1, 0.15) is 5.75 Å². The van der Waals surface area contributed by atoms with Gasteiger partial charge in [-0.25, -0.2) is 4.68 Å². The molecule has 34 heavy (non-hydrogen) atoms. The van der Waals surface area contributed by atoms with Gasteiger partial charge < -0.3 is 14.1 Å². The minimum atomic E-state index is 0.294. The zero-order valence-electron chi connectivity index (χ0n) is 20.8. The van der Waals surface area contributed by atoms with E-state index in [1.807, 2.05) is 29.2 Å². The molecule has 0 aliphatic carbocycles. The average Bonchev–Trinajstić information content (AvgIpc) is 3.23. The van der Waals surface area contributed by atoms with E-state index in [9.17, 15) is 4.79 Å². The fraction of sp³-hybridized carbons (Fsp3) is 0.654. The molecule has 188 valence electrons. The number of benzene rings is 1. The van der Waals surface area contributed by atoms with E-state index in [2.05, 4.69) is 16.9 Å². The Morgan fingerprint density at radius 1 is 0.971 bits per heavy atom. The molecule has 1 saturated heterocycles. The Balaban J connectivity index is 1.34. The molecule has 8 heteroatoms. The second kappa shape index (κ2) is 14.3. The van der Waals surface area contributed by atoms with E-state index in [1.54, 1.807) is 11.8 Å². The van der Waals surface area contributed by atoms with Gasteiger partial charge in [0.05, 0.1) is 13.8 Å². The first kappa shape index (κ1) is 26.4. The number of hydrogen-bond donors (Lipinski definition) is 0. The molecule has 0 unspecified atom stereocenters. The van der Waals surface area contributed by atoms with Crippen LogP contribution in [0.25, 0.3) is 11.5 Å². The van der Waals surface area contributed by atoms with E-state index in [0.717, 1.165) is 43.9 Å². The Hall–Kier alpha value is -2.19. The summed E-state index contributed by atoms with van der Waals surface area (Å²) in [5, 5.41) is 4.55. The number of rotatable bonds is 14. The molecular weight excluding hydrogens is 448 g/mol. The van der Waals surface area contributed by atoms with Gasteiger partial charge in [-0.2, -0.15) is 0 Å². The number of carbonyl (C=O) groups excluding carboxylic acids is 1. The molecule has 1 aliphatic rings. The van der Waals surface area contributed by atoms with E-state index < -0.39 is 0 Å². The predicted molar refractivity (Wildman–Crippen MR) is 137 cm³/mol. The second-order valence-corrected chi connectivity index (χ2v) is 9.47. The molecule has 1 fully saturated rings. The van der Waals surface area contributed by atoms with Crippen LogP contribution < -0.4 is 4.74 Å². The lowest BCUT2D eigenvalue weighted by atomic mass is 10.1. The summed E-state index contributed by atoms with van der Waals surface area (Å²) in [5.74, 6) is 1.58. The van der Waals surface area contributed by atoms with Crippen molar-refractivity contribution in [3.63, 3.8) is 0 Å². The number of piperazine rings is 1. The summed E-state index contributed by atoms with van der Waals surface area (Å²) in [6.45, 7) is 5.97. The Bertz CT molecular complexity index is 917. The van der Waals surface area contributed by atoms with Crippen molar-refractivity contribution in [2.45, 2.75) is 77.8 Å². The maximum atomic E-state index is 12.6. The molecule has 2 heterocycles. The van der Waals surface area contributed by atoms with E-state index in [4.69, 9.17) is 21.4 Å². The molecule has 1 aromatic heterocycles. The van der Waals surface area contributed by atoms with Crippen molar-refractivity contribution >= 4 is 18.1 Å². The molecule has 2 aromatic rings. The summed E-state index contributed by atoms with van der Waals surface area (Å²) < 4.78 is 12.6. The molecule has 7 nitrogen and oxygen atoms in total. The van der Waals surface area contributed by atoms with Gasteiger partial charge in [0.25, 0.3) is 4.84 Å². The lowest BCUT2D eigenvalue weighted by Crippen LogP contribution is -2.49. The number of aromatic nitrogens is 2. The quantitative estimate of drug-likeness (QED) is 0.244. The van der Waals surface area contributed by atoms with Gasteiger partial charge in [-0.05, 0) is 42.9 Å². The van der Waals surface area contributed by atoms with E-state index in [1.165, 1.54) is 51.4 Å². The highest BCUT2D eigenvalue weighted by Crippen LogP contribution is 2.21. The molecule has 0 spiro atoms. The normalized spacial score (nSPS) is 14.5. The standard InChI is InChI=1S/C26H40N4O3S/c1-3-4-5-6-7-8-9-10-11-12-24(31)29-19-17-28(18-20-29)21-30-26(34)33-25(27-30)22-13-15-23(32-2)16-14-22/h13-16H,3-12,17-21H2,1-2H3. The smallest absolute Gasteiger partial charge is 0.288 e. The first-order chi connectivity index (χ1) is 16.6. The van der Waals surface area contributed by atoms with Crippen molar-refractivity contribution in [2.75, 3.05) is 33.3 Å². The second-order valence-electron chi connectivity index (χ2n) is 9.12. The Labute approximate surface area is 209 Å². The van der Waals surface area contributed by atoms with E-state index >= 15 is 0 Å². The van der Waals surface area contributed by atoms with Crippen LogP contribution in [0.2, 0.25) is 0 Å². The third-order valence-corrected chi connectivity index (χ3v) is 6.79. The molecule has 0 radical (unpaired) electrons. The summed E-state index contributed by atoms with van der Waals surface area (Å²) in [6.07, 6.45) is 12.1. The van der Waals surface area contributed by atoms with Crippen molar-refractivity contribution in [1.82, 2.24) is 19.6 Å². The lowest BCUT2D eigenvalue weighted by molar-refractivity contribution is -0.133. The van der Waals surface area contributed by atoms with Gasteiger partial charge in [-0.15, -0.1) is 5.10 Å². The van der Waals surface area contributed by atoms with E-state index in [-0.39, 0.29) is 0 Å². The van der Waals surface area contributed by atoms with Crippen molar-refractivity contribution in [3.8, 4) is 17.2 Å². The number of unbranched alkanes of at least 4 members (excludes halogenated alkanes) is 8. The van der Waals surface area contributed by atoms with E-state index in [0.29, 0.717) is 29.7 Å². The molecule has 3 rings (SSSR count). The highest BCUT2D eigenvalue weighted by atomic mass is 32.1. The van der Waals surface area contributed by atoms with Crippen molar-refractivity contribution < 1.29 is 13.9 Å². The summed E-state index contributed by atoms with van der Waals surface area (Å²) in [5.41, 5.74) is 0.859. The number of carbonyl (C=O) groups is 1. The van der Waals surface area contributed by atoms with Crippen LogP contribution in [-0.4, -0.2) is 58.8 Å². The number of ether oxygens (including phenoxy) is 1. The van der Waals surface area contributed by atoms with Crippen LogP contribution >= 0.6 is 12.2 Å². The van der Waals surface area contributed by atoms with Crippen LogP contribution in [0.1, 0.15) is 71.1 Å². The third kappa shape index (κ3) is 8.24. The maximum Gasteiger partial charge on any atom is 0.288 e. The highest BCUT2D eigenvalue weighted by Gasteiger charge is 2.21. The van der Waals surface area contributed by atoms with Crippen LogP contribution in [0.5, 0.6) is 5.75 Å². The zero-order chi connectivity index (χ0) is 24.2. The molecule has 0 bridgehead atoms. The van der Waals surface area contributed by atoms with Gasteiger partial charge in [0.15, 0.2) is 0 Å². The van der Waals surface area contributed by atoms with Gasteiger partial charge in [0.2, 0.25) is 11.8 Å². The van der Waals surface area contributed by atoms with Crippen LogP contribution in [0.4, 0.5) is 0 Å². The van der Waals surface area contributed by atoms with Crippen LogP contribution in [-0.2, 0) is 11.5 Å². The van der Waals surface area contributed by atoms with Gasteiger partial charge in [0, 0.05) is 38.2 Å². The number of hydrogen-bond acceptors (Lipinski definition) is 6. The minimum Gasteiger partial charge on any atom is -0.497 e. The molecule has 0 atom stereocenters. The summed E-state index contributed by atoms with van der Waals surface area (Å²) in [7, 11) is 1.64. The van der Waals surface area contributed by atoms with Crippen LogP contribution in [0, 0.1) is 4.84 Å². The van der Waals surface area contributed by atoms with Crippen LogP contribution in [0.3, 0.4) is 0 Å². The summed E-state index contributed by atoms with van der Waals surface area (Å²) >= 11 is 5.38.